The number of nitriles is 1. The Morgan fingerprint density at radius 2 is 1.86 bits per heavy atom. The van der Waals surface area contributed by atoms with E-state index in [0.29, 0.717) is 34.0 Å². The Balaban J connectivity index is 1.08. The summed E-state index contributed by atoms with van der Waals surface area (Å²) < 4.78 is 31.3. The minimum absolute atomic E-state index is 0.00378. The zero-order valence-corrected chi connectivity index (χ0v) is 24.2. The number of anilines is 3. The zero-order chi connectivity index (χ0) is 29.3. The van der Waals surface area contributed by atoms with Crippen molar-refractivity contribution < 1.29 is 22.7 Å². The lowest BCUT2D eigenvalue weighted by atomic mass is 9.98. The van der Waals surface area contributed by atoms with E-state index in [-0.39, 0.29) is 21.7 Å². The molecule has 1 unspecified atom stereocenters. The number of fused-ring (bicyclic) bond motifs is 1. The number of ether oxygens (including phenoxy) is 1. The van der Waals surface area contributed by atoms with Crippen molar-refractivity contribution in [1.29, 1.82) is 5.26 Å². The Hall–Kier alpha value is -4.15. The molecule has 0 aliphatic carbocycles. The third-order valence-electron chi connectivity index (χ3n) is 7.70. The third kappa shape index (κ3) is 5.52. The van der Waals surface area contributed by atoms with Gasteiger partial charge in [-0.2, -0.15) is 5.26 Å². The predicted octanol–water partition coefficient (Wildman–Crippen LogP) is 3.82. The molecule has 0 spiro atoms. The summed E-state index contributed by atoms with van der Waals surface area (Å²) in [6, 6.07) is 15.9. The molecule has 0 bridgehead atoms. The number of amides is 1. The molecule has 13 heteroatoms. The average molecular weight is 605 g/mol. The lowest BCUT2D eigenvalue weighted by molar-refractivity contribution is -0.137. The van der Waals surface area contributed by atoms with Crippen LogP contribution < -0.4 is 10.2 Å². The van der Waals surface area contributed by atoms with Gasteiger partial charge in [-0.3, -0.25) is 9.59 Å². The molecule has 3 aromatic rings. The van der Waals surface area contributed by atoms with Crippen molar-refractivity contribution in [3.63, 3.8) is 0 Å². The molecule has 1 N–H and O–H groups in total. The number of sulfonamides is 1. The highest BCUT2D eigenvalue weighted by Crippen LogP contribution is 2.34. The molecular formula is C29H28N6O5S2. The van der Waals surface area contributed by atoms with Crippen LogP contribution in [0.4, 0.5) is 17.3 Å². The maximum atomic E-state index is 12.8. The summed E-state index contributed by atoms with van der Waals surface area (Å²) in [6.45, 7) is 1.94. The summed E-state index contributed by atoms with van der Waals surface area (Å²) in [7, 11) is -4.09. The van der Waals surface area contributed by atoms with Crippen LogP contribution in [0.2, 0.25) is 0 Å². The van der Waals surface area contributed by atoms with Crippen LogP contribution in [0.15, 0.2) is 59.6 Å². The van der Waals surface area contributed by atoms with Crippen LogP contribution in [-0.2, 0) is 19.6 Å². The van der Waals surface area contributed by atoms with Gasteiger partial charge in [-0.25, -0.2) is 22.7 Å². The fraction of sp³-hybridized carbons (Fsp3) is 0.345. The van der Waals surface area contributed by atoms with Gasteiger partial charge in [-0.15, -0.1) is 11.8 Å². The molecule has 11 nitrogen and oxygen atoms in total. The third-order valence-corrected chi connectivity index (χ3v) is 11.0. The summed E-state index contributed by atoms with van der Waals surface area (Å²) in [5.74, 6) is 1.17. The molecule has 0 radical (unpaired) electrons. The van der Waals surface area contributed by atoms with Crippen molar-refractivity contribution in [1.82, 2.24) is 14.3 Å². The molecule has 6 rings (SSSR count). The number of hydrogen-bond acceptors (Lipinski definition) is 11. The van der Waals surface area contributed by atoms with Crippen LogP contribution in [0.3, 0.4) is 0 Å². The number of carbonyl (C=O) groups excluding carboxylic acids is 2. The number of benzene rings is 2. The first-order chi connectivity index (χ1) is 20.3. The number of cyclic esters (lactones) is 1. The highest BCUT2D eigenvalue weighted by Gasteiger charge is 2.41. The highest BCUT2D eigenvalue weighted by molar-refractivity contribution is 8.00. The van der Waals surface area contributed by atoms with Crippen molar-refractivity contribution in [2.45, 2.75) is 29.4 Å². The lowest BCUT2D eigenvalue weighted by Crippen LogP contribution is -2.34. The number of hydrogen-bond donors (Lipinski definition) is 1. The largest absolute Gasteiger partial charge is 0.465 e. The quantitative estimate of drug-likeness (QED) is 0.296. The summed E-state index contributed by atoms with van der Waals surface area (Å²) >= 11 is 1.74. The van der Waals surface area contributed by atoms with Gasteiger partial charge in [0.1, 0.15) is 16.7 Å². The molecule has 216 valence electrons. The van der Waals surface area contributed by atoms with E-state index in [1.807, 2.05) is 12.1 Å². The molecular weight excluding hydrogens is 576 g/mol. The van der Waals surface area contributed by atoms with Crippen molar-refractivity contribution in [2.24, 2.45) is 5.92 Å². The van der Waals surface area contributed by atoms with Crippen LogP contribution >= 0.6 is 11.8 Å². The van der Waals surface area contributed by atoms with E-state index in [2.05, 4.69) is 32.3 Å². The smallest absolute Gasteiger partial charge is 0.319 e. The van der Waals surface area contributed by atoms with E-state index in [9.17, 15) is 18.0 Å². The van der Waals surface area contributed by atoms with Crippen molar-refractivity contribution in [3.8, 4) is 17.3 Å². The van der Waals surface area contributed by atoms with Crippen LogP contribution in [0.1, 0.15) is 29.6 Å². The fourth-order valence-electron chi connectivity index (χ4n) is 5.36. The second kappa shape index (κ2) is 11.6. The summed E-state index contributed by atoms with van der Waals surface area (Å²) in [6.07, 6.45) is 4.57. The lowest BCUT2D eigenvalue weighted by Gasteiger charge is -2.33. The number of thioether (sulfide) groups is 1. The van der Waals surface area contributed by atoms with E-state index in [0.717, 1.165) is 49.5 Å². The van der Waals surface area contributed by atoms with E-state index in [1.165, 1.54) is 12.1 Å². The van der Waals surface area contributed by atoms with Gasteiger partial charge >= 0.3 is 5.97 Å². The maximum Gasteiger partial charge on any atom is 0.319 e. The maximum absolute atomic E-state index is 12.8. The highest BCUT2D eigenvalue weighted by atomic mass is 32.2. The SMILES string of the molecule is N#CCN1C(=O)c2ccc(-c3ccnc(Nc4ccc(N5CCC(CSC6CCOC6=O)CC5)cc4)n3)cc2S1(=O)=O. The molecule has 2 fully saturated rings. The second-order valence-corrected chi connectivity index (χ2v) is 13.4. The van der Waals surface area contributed by atoms with Gasteiger partial charge < -0.3 is 15.0 Å². The predicted molar refractivity (Wildman–Crippen MR) is 158 cm³/mol. The first-order valence-corrected chi connectivity index (χ1v) is 16.1. The first-order valence-electron chi connectivity index (χ1n) is 13.7. The number of carbonyl (C=O) groups is 2. The van der Waals surface area contributed by atoms with Gasteiger partial charge in [0.2, 0.25) is 5.95 Å². The molecule has 0 saturated carbocycles. The van der Waals surface area contributed by atoms with E-state index >= 15 is 0 Å². The van der Waals surface area contributed by atoms with Gasteiger partial charge in [0.05, 0.1) is 23.9 Å². The Bertz CT molecular complexity index is 1670. The number of esters is 1. The van der Waals surface area contributed by atoms with E-state index in [4.69, 9.17) is 10.00 Å². The van der Waals surface area contributed by atoms with Crippen LogP contribution in [0.5, 0.6) is 0 Å². The van der Waals surface area contributed by atoms with E-state index < -0.39 is 22.5 Å². The molecule has 2 aromatic carbocycles. The number of piperidine rings is 1. The molecule has 1 aromatic heterocycles. The van der Waals surface area contributed by atoms with Gasteiger partial charge in [-0.05, 0) is 67.0 Å². The Morgan fingerprint density at radius 1 is 1.07 bits per heavy atom. The summed E-state index contributed by atoms with van der Waals surface area (Å²) in [4.78, 5) is 35.3. The zero-order valence-electron chi connectivity index (χ0n) is 22.6. The minimum atomic E-state index is -4.09. The summed E-state index contributed by atoms with van der Waals surface area (Å²) in [5, 5.41) is 12.1. The minimum Gasteiger partial charge on any atom is -0.465 e. The first kappa shape index (κ1) is 28.0. The Kier molecular flexibility index (Phi) is 7.74. The number of nitrogens with one attached hydrogen (secondary N) is 1. The van der Waals surface area contributed by atoms with Crippen LogP contribution in [0, 0.1) is 17.2 Å². The number of nitrogens with zero attached hydrogens (tertiary/aromatic N) is 5. The molecule has 3 aliphatic rings. The molecule has 42 heavy (non-hydrogen) atoms. The number of aromatic nitrogens is 2. The fourth-order valence-corrected chi connectivity index (χ4v) is 8.15. The molecule has 1 atom stereocenters. The van der Waals surface area contributed by atoms with Gasteiger partial charge in [-0.1, -0.05) is 6.07 Å². The van der Waals surface area contributed by atoms with Crippen molar-refractivity contribution in [3.05, 3.63) is 60.3 Å². The second-order valence-electron chi connectivity index (χ2n) is 10.3. The normalized spacial score (nSPS) is 19.8. The standard InChI is InChI=1S/C29H28N6O5S2/c30-11-15-35-27(36)23-6-1-20(17-26(23)42(35,38)39)24-7-12-31-29(33-24)32-21-2-4-22(5-3-21)34-13-8-19(9-14-34)18-41-25-10-16-40-28(25)37/h1-7,12,17,19,25H,8-10,13-16,18H2,(H,31,32,33). The molecule has 1 amide bonds. The summed E-state index contributed by atoms with van der Waals surface area (Å²) in [5.41, 5.74) is 2.98. The molecule has 4 heterocycles. The van der Waals surface area contributed by atoms with E-state index in [1.54, 1.807) is 36.2 Å². The molecule has 3 aliphatic heterocycles. The van der Waals surface area contributed by atoms with Crippen molar-refractivity contribution in [2.75, 3.05) is 42.2 Å². The van der Waals surface area contributed by atoms with Crippen molar-refractivity contribution >= 4 is 51.0 Å². The molecule has 2 saturated heterocycles. The van der Waals surface area contributed by atoms with Gasteiger partial charge in [0.15, 0.2) is 0 Å². The van der Waals surface area contributed by atoms with Crippen LogP contribution in [-0.4, -0.2) is 71.8 Å². The Labute approximate surface area is 247 Å². The monoisotopic (exact) mass is 604 g/mol. The topological polar surface area (TPSA) is 146 Å². The van der Waals surface area contributed by atoms with Gasteiger partial charge in [0, 0.05) is 42.6 Å². The van der Waals surface area contributed by atoms with Crippen LogP contribution in [0.25, 0.3) is 11.3 Å². The average Bonchev–Trinajstić information content (AvgIpc) is 3.50. The number of rotatable bonds is 8. The van der Waals surface area contributed by atoms with Gasteiger partial charge in [0.25, 0.3) is 15.9 Å². The Morgan fingerprint density at radius 3 is 2.57 bits per heavy atom.